The summed E-state index contributed by atoms with van der Waals surface area (Å²) in [5.74, 6) is 1.31. The summed E-state index contributed by atoms with van der Waals surface area (Å²) in [6.45, 7) is 4.30. The van der Waals surface area contributed by atoms with E-state index in [1.54, 1.807) is 12.1 Å². The number of non-ortho nitro benzene ring substituents is 1. The van der Waals surface area contributed by atoms with Crippen molar-refractivity contribution in [3.8, 4) is 0 Å². The van der Waals surface area contributed by atoms with E-state index in [1.807, 2.05) is 12.1 Å². The van der Waals surface area contributed by atoms with Crippen LogP contribution in [0.4, 0.5) is 5.69 Å². The third kappa shape index (κ3) is 3.03. The number of nitrogens with one attached hydrogen (secondary N) is 1. The number of rotatable bonds is 6. The van der Waals surface area contributed by atoms with Crippen molar-refractivity contribution < 1.29 is 4.92 Å². The quantitative estimate of drug-likeness (QED) is 0.467. The van der Waals surface area contributed by atoms with E-state index in [2.05, 4.69) is 12.2 Å². The third-order valence-electron chi connectivity index (χ3n) is 3.29. The first-order chi connectivity index (χ1) is 8.22. The zero-order chi connectivity index (χ0) is 12.3. The summed E-state index contributed by atoms with van der Waals surface area (Å²) < 4.78 is 0. The molecule has 1 aliphatic rings. The molecule has 1 N–H and O–H groups in total. The molecule has 17 heavy (non-hydrogen) atoms. The van der Waals surface area contributed by atoms with Gasteiger partial charge in [-0.25, -0.2) is 0 Å². The highest BCUT2D eigenvalue weighted by atomic mass is 16.6. The van der Waals surface area contributed by atoms with E-state index < -0.39 is 0 Å². The Morgan fingerprint density at radius 3 is 2.71 bits per heavy atom. The molecule has 0 aliphatic heterocycles. The van der Waals surface area contributed by atoms with Crippen LogP contribution in [0.15, 0.2) is 24.3 Å². The molecule has 0 spiro atoms. The van der Waals surface area contributed by atoms with Crippen LogP contribution in [-0.2, 0) is 0 Å². The van der Waals surface area contributed by atoms with E-state index >= 15 is 0 Å². The molecule has 0 amide bonds. The molecule has 92 valence electrons. The lowest BCUT2D eigenvalue weighted by Gasteiger charge is -2.02. The zero-order valence-electron chi connectivity index (χ0n) is 10.1. The first-order valence-corrected chi connectivity index (χ1v) is 6.17. The van der Waals surface area contributed by atoms with Crippen LogP contribution in [0.5, 0.6) is 0 Å². The topological polar surface area (TPSA) is 55.2 Å². The number of nitro groups is 1. The van der Waals surface area contributed by atoms with Gasteiger partial charge in [0.25, 0.3) is 5.69 Å². The van der Waals surface area contributed by atoms with Gasteiger partial charge in [0.2, 0.25) is 0 Å². The van der Waals surface area contributed by atoms with Crippen molar-refractivity contribution in [1.82, 2.24) is 5.32 Å². The fourth-order valence-electron chi connectivity index (χ4n) is 2.19. The maximum Gasteiger partial charge on any atom is 0.269 e. The maximum absolute atomic E-state index is 10.5. The van der Waals surface area contributed by atoms with Gasteiger partial charge in [-0.1, -0.05) is 19.1 Å². The summed E-state index contributed by atoms with van der Waals surface area (Å²) in [4.78, 5) is 10.2. The summed E-state index contributed by atoms with van der Waals surface area (Å²) in [5.41, 5.74) is 1.41. The summed E-state index contributed by atoms with van der Waals surface area (Å²) in [7, 11) is 0. The number of hydrogen-bond donors (Lipinski definition) is 1. The van der Waals surface area contributed by atoms with Gasteiger partial charge in [-0.3, -0.25) is 10.1 Å². The van der Waals surface area contributed by atoms with E-state index in [-0.39, 0.29) is 10.6 Å². The van der Waals surface area contributed by atoms with Gasteiger partial charge in [-0.05, 0) is 43.3 Å². The van der Waals surface area contributed by atoms with Gasteiger partial charge < -0.3 is 5.32 Å². The average Bonchev–Trinajstić information content (AvgIpc) is 3.09. The fourth-order valence-corrected chi connectivity index (χ4v) is 2.19. The molecule has 2 rings (SSSR count). The minimum absolute atomic E-state index is 0.176. The summed E-state index contributed by atoms with van der Waals surface area (Å²) in [5, 5.41) is 14.0. The first-order valence-electron chi connectivity index (χ1n) is 6.17. The van der Waals surface area contributed by atoms with Gasteiger partial charge in [0.1, 0.15) is 0 Å². The Labute approximate surface area is 101 Å². The van der Waals surface area contributed by atoms with E-state index in [9.17, 15) is 10.1 Å². The lowest BCUT2D eigenvalue weighted by molar-refractivity contribution is -0.384. The van der Waals surface area contributed by atoms with Crippen molar-refractivity contribution in [1.29, 1.82) is 0 Å². The fraction of sp³-hybridized carbons (Fsp3) is 0.538. The lowest BCUT2D eigenvalue weighted by Crippen LogP contribution is -2.17. The van der Waals surface area contributed by atoms with Gasteiger partial charge in [-0.15, -0.1) is 0 Å². The Morgan fingerprint density at radius 1 is 1.41 bits per heavy atom. The second-order valence-electron chi connectivity index (χ2n) is 4.66. The van der Waals surface area contributed by atoms with E-state index in [1.165, 1.54) is 12.0 Å². The number of nitrogens with zero attached hydrogens (tertiary/aromatic N) is 1. The summed E-state index contributed by atoms with van der Waals surface area (Å²) in [6.07, 6.45) is 2.36. The molecule has 1 aromatic rings. The molecular weight excluding hydrogens is 216 g/mol. The smallest absolute Gasteiger partial charge is 0.269 e. The monoisotopic (exact) mass is 234 g/mol. The highest BCUT2D eigenvalue weighted by Crippen LogP contribution is 2.47. The Kier molecular flexibility index (Phi) is 3.74. The predicted molar refractivity (Wildman–Crippen MR) is 67.1 cm³/mol. The molecule has 0 saturated heterocycles. The average molecular weight is 234 g/mol. The molecule has 0 heterocycles. The van der Waals surface area contributed by atoms with Crippen molar-refractivity contribution in [3.63, 3.8) is 0 Å². The van der Waals surface area contributed by atoms with E-state index in [4.69, 9.17) is 0 Å². The van der Waals surface area contributed by atoms with Gasteiger partial charge >= 0.3 is 0 Å². The van der Waals surface area contributed by atoms with Gasteiger partial charge in [0, 0.05) is 12.1 Å². The number of nitro benzene ring substituents is 1. The SMILES string of the molecule is CCCNCC1CC1c1ccc([N+](=O)[O-])cc1. The standard InChI is InChI=1S/C13H18N2O2/c1-2-7-14-9-11-8-13(11)10-3-5-12(6-4-10)15(16)17/h3-6,11,13-14H,2,7-9H2,1H3. The zero-order valence-corrected chi connectivity index (χ0v) is 10.1. The largest absolute Gasteiger partial charge is 0.316 e. The lowest BCUT2D eigenvalue weighted by atomic mass is 10.1. The Morgan fingerprint density at radius 2 is 2.12 bits per heavy atom. The molecule has 1 fully saturated rings. The van der Waals surface area contributed by atoms with Gasteiger partial charge in [0.15, 0.2) is 0 Å². The van der Waals surface area contributed by atoms with Gasteiger partial charge in [-0.2, -0.15) is 0 Å². The molecule has 1 aliphatic carbocycles. The van der Waals surface area contributed by atoms with Crippen molar-refractivity contribution in [3.05, 3.63) is 39.9 Å². The summed E-state index contributed by atoms with van der Waals surface area (Å²) >= 11 is 0. The molecule has 1 aromatic carbocycles. The normalized spacial score (nSPS) is 22.4. The minimum Gasteiger partial charge on any atom is -0.316 e. The maximum atomic E-state index is 10.5. The Balaban J connectivity index is 1.86. The van der Waals surface area contributed by atoms with Crippen molar-refractivity contribution in [2.45, 2.75) is 25.7 Å². The molecule has 0 aromatic heterocycles. The molecule has 2 atom stereocenters. The van der Waals surface area contributed by atoms with Crippen LogP contribution in [-0.4, -0.2) is 18.0 Å². The highest BCUT2D eigenvalue weighted by Gasteiger charge is 2.37. The molecule has 4 nitrogen and oxygen atoms in total. The molecule has 0 bridgehead atoms. The Hall–Kier alpha value is -1.42. The van der Waals surface area contributed by atoms with Crippen molar-refractivity contribution >= 4 is 5.69 Å². The van der Waals surface area contributed by atoms with Crippen LogP contribution < -0.4 is 5.32 Å². The van der Waals surface area contributed by atoms with Gasteiger partial charge in [0.05, 0.1) is 4.92 Å². The van der Waals surface area contributed by atoms with Crippen molar-refractivity contribution in [2.75, 3.05) is 13.1 Å². The first kappa shape index (κ1) is 12.0. The highest BCUT2D eigenvalue weighted by molar-refractivity contribution is 5.36. The minimum atomic E-state index is -0.350. The number of hydrogen-bond acceptors (Lipinski definition) is 3. The predicted octanol–water partition coefficient (Wildman–Crippen LogP) is 2.70. The molecule has 4 heteroatoms. The van der Waals surface area contributed by atoms with Crippen LogP contribution in [0.25, 0.3) is 0 Å². The van der Waals surface area contributed by atoms with Crippen molar-refractivity contribution in [2.24, 2.45) is 5.92 Å². The van der Waals surface area contributed by atoms with Crippen LogP contribution >= 0.6 is 0 Å². The third-order valence-corrected chi connectivity index (χ3v) is 3.29. The molecular formula is C13H18N2O2. The molecule has 1 saturated carbocycles. The van der Waals surface area contributed by atoms with Crippen LogP contribution in [0.3, 0.4) is 0 Å². The van der Waals surface area contributed by atoms with Crippen LogP contribution in [0.2, 0.25) is 0 Å². The number of benzene rings is 1. The van der Waals surface area contributed by atoms with Crippen LogP contribution in [0, 0.1) is 16.0 Å². The summed E-state index contributed by atoms with van der Waals surface area (Å²) in [6, 6.07) is 6.99. The van der Waals surface area contributed by atoms with Crippen LogP contribution in [0.1, 0.15) is 31.2 Å². The van der Waals surface area contributed by atoms with E-state index in [0.717, 1.165) is 19.5 Å². The second-order valence-corrected chi connectivity index (χ2v) is 4.66. The second kappa shape index (κ2) is 5.27. The van der Waals surface area contributed by atoms with E-state index in [0.29, 0.717) is 11.8 Å². The Bertz CT molecular complexity index is 389. The molecule has 2 unspecified atom stereocenters. The molecule has 0 radical (unpaired) electrons.